The van der Waals surface area contributed by atoms with Gasteiger partial charge >= 0.3 is 24.2 Å². The molecule has 2 aromatic rings. The van der Waals surface area contributed by atoms with Crippen molar-refractivity contribution < 1.29 is 42.9 Å². The first kappa shape index (κ1) is 37.6. The highest BCUT2D eigenvalue weighted by Gasteiger charge is 2.33. The zero-order valence-corrected chi connectivity index (χ0v) is 28.7. The number of esters is 1. The molecule has 1 atom stereocenters. The van der Waals surface area contributed by atoms with Crippen molar-refractivity contribution in [3.05, 3.63) is 71.8 Å². The number of hydrogen-bond donors (Lipinski definition) is 2. The molecule has 1 heterocycles. The average Bonchev–Trinajstić information content (AvgIpc) is 3.01. The van der Waals surface area contributed by atoms with E-state index in [0.29, 0.717) is 25.9 Å². The zero-order valence-electron chi connectivity index (χ0n) is 28.7. The predicted molar refractivity (Wildman–Crippen MR) is 176 cm³/mol. The summed E-state index contributed by atoms with van der Waals surface area (Å²) >= 11 is 0. The van der Waals surface area contributed by atoms with Crippen LogP contribution in [-0.2, 0) is 41.8 Å². The molecule has 1 fully saturated rings. The molecule has 13 nitrogen and oxygen atoms in total. The Hall–Kier alpha value is -4.81. The van der Waals surface area contributed by atoms with Crippen molar-refractivity contribution in [1.82, 2.24) is 20.7 Å². The van der Waals surface area contributed by atoms with Gasteiger partial charge in [0.15, 0.2) is 0 Å². The summed E-state index contributed by atoms with van der Waals surface area (Å²) in [6, 6.07) is 17.0. The highest BCUT2D eigenvalue weighted by atomic mass is 16.6. The minimum absolute atomic E-state index is 0.0248. The lowest BCUT2D eigenvalue weighted by Crippen LogP contribution is -2.57. The highest BCUT2D eigenvalue weighted by Crippen LogP contribution is 2.21. The SMILES string of the molecule is CC(C)(C)OC(=O)N[C@@H](CC(=O)OCc1ccccc1)C(=O)NN(CC1CCN(C(=O)OCc2ccccc2)CC1)C(=O)OC(C)(C)C. The van der Waals surface area contributed by atoms with E-state index < -0.39 is 53.8 Å². The number of piperidine rings is 1. The van der Waals surface area contributed by atoms with Gasteiger partial charge in [-0.05, 0) is 71.4 Å². The number of benzene rings is 2. The van der Waals surface area contributed by atoms with Gasteiger partial charge in [-0.2, -0.15) is 0 Å². The van der Waals surface area contributed by atoms with Gasteiger partial charge in [-0.25, -0.2) is 19.4 Å². The molecule has 48 heavy (non-hydrogen) atoms. The molecule has 2 aromatic carbocycles. The largest absolute Gasteiger partial charge is 0.461 e. The van der Waals surface area contributed by atoms with Crippen molar-refractivity contribution in [1.29, 1.82) is 0 Å². The molecule has 0 spiro atoms. The molecule has 0 aliphatic carbocycles. The minimum atomic E-state index is -1.44. The van der Waals surface area contributed by atoms with Gasteiger partial charge in [0.05, 0.1) is 6.42 Å². The Morgan fingerprint density at radius 1 is 0.792 bits per heavy atom. The summed E-state index contributed by atoms with van der Waals surface area (Å²) in [4.78, 5) is 66.6. The number of amides is 4. The summed E-state index contributed by atoms with van der Waals surface area (Å²) in [5.74, 6) is -1.69. The van der Waals surface area contributed by atoms with E-state index in [1.165, 1.54) is 0 Å². The topological polar surface area (TPSA) is 153 Å². The van der Waals surface area contributed by atoms with E-state index in [9.17, 15) is 24.0 Å². The molecule has 1 saturated heterocycles. The van der Waals surface area contributed by atoms with E-state index in [4.69, 9.17) is 18.9 Å². The second-order valence-corrected chi connectivity index (χ2v) is 13.6. The van der Waals surface area contributed by atoms with Crippen molar-refractivity contribution >= 4 is 30.2 Å². The van der Waals surface area contributed by atoms with Crippen LogP contribution in [0.4, 0.5) is 14.4 Å². The quantitative estimate of drug-likeness (QED) is 0.194. The van der Waals surface area contributed by atoms with Crippen molar-refractivity contribution in [2.75, 3.05) is 19.6 Å². The van der Waals surface area contributed by atoms with Crippen LogP contribution in [0.3, 0.4) is 0 Å². The van der Waals surface area contributed by atoms with Gasteiger partial charge in [0.25, 0.3) is 5.91 Å². The number of carbonyl (C=O) groups excluding carboxylic acids is 5. The monoisotopic (exact) mass is 668 g/mol. The lowest BCUT2D eigenvalue weighted by atomic mass is 9.97. The summed E-state index contributed by atoms with van der Waals surface area (Å²) < 4.78 is 21.7. The van der Waals surface area contributed by atoms with Gasteiger partial charge in [0.1, 0.15) is 30.5 Å². The molecule has 1 aliphatic rings. The third-order valence-electron chi connectivity index (χ3n) is 7.00. The van der Waals surface area contributed by atoms with Gasteiger partial charge in [-0.15, -0.1) is 0 Å². The molecule has 1 aliphatic heterocycles. The lowest BCUT2D eigenvalue weighted by Gasteiger charge is -2.35. The Balaban J connectivity index is 1.66. The van der Waals surface area contributed by atoms with Gasteiger partial charge in [-0.1, -0.05) is 60.7 Å². The molecule has 0 aromatic heterocycles. The number of carbonyl (C=O) groups is 5. The Kier molecular flexibility index (Phi) is 13.6. The Labute approximate surface area is 282 Å². The van der Waals surface area contributed by atoms with Crippen molar-refractivity contribution in [3.63, 3.8) is 0 Å². The summed E-state index contributed by atoms with van der Waals surface area (Å²) in [5, 5.41) is 3.47. The van der Waals surface area contributed by atoms with Crippen LogP contribution < -0.4 is 10.7 Å². The first-order valence-corrected chi connectivity index (χ1v) is 16.0. The Morgan fingerprint density at radius 3 is 1.83 bits per heavy atom. The average molecular weight is 669 g/mol. The zero-order chi connectivity index (χ0) is 35.3. The molecule has 0 radical (unpaired) electrons. The number of nitrogens with one attached hydrogen (secondary N) is 2. The number of alkyl carbamates (subject to hydrolysis) is 1. The van der Waals surface area contributed by atoms with Crippen LogP contribution in [0, 0.1) is 5.92 Å². The van der Waals surface area contributed by atoms with E-state index in [1.807, 2.05) is 36.4 Å². The fourth-order valence-corrected chi connectivity index (χ4v) is 4.68. The second kappa shape index (κ2) is 17.4. The minimum Gasteiger partial charge on any atom is -0.461 e. The standard InChI is InChI=1S/C35H48N4O9/c1-34(2,3)47-31(42)36-28(21-29(40)45-23-26-13-9-7-10-14-26)30(41)37-39(33(44)48-35(4,5)6)22-25-17-19-38(20-18-25)32(43)46-24-27-15-11-8-12-16-27/h7-16,25,28H,17-24H2,1-6H3,(H,36,42)(H,37,41)/t28-/m0/s1. The molecule has 4 amide bonds. The van der Waals surface area contributed by atoms with Crippen LogP contribution in [0.5, 0.6) is 0 Å². The van der Waals surface area contributed by atoms with E-state index >= 15 is 0 Å². The van der Waals surface area contributed by atoms with E-state index in [2.05, 4.69) is 10.7 Å². The predicted octanol–water partition coefficient (Wildman–Crippen LogP) is 5.33. The molecular weight excluding hydrogens is 620 g/mol. The number of hydrogen-bond acceptors (Lipinski definition) is 9. The first-order valence-electron chi connectivity index (χ1n) is 16.0. The number of hydrazine groups is 1. The third-order valence-corrected chi connectivity index (χ3v) is 7.00. The maximum Gasteiger partial charge on any atom is 0.429 e. The molecule has 3 rings (SSSR count). The first-order chi connectivity index (χ1) is 22.6. The van der Waals surface area contributed by atoms with Crippen molar-refractivity contribution in [3.8, 4) is 0 Å². The normalized spacial score (nSPS) is 14.2. The van der Waals surface area contributed by atoms with E-state index in [1.54, 1.807) is 70.7 Å². The Morgan fingerprint density at radius 2 is 1.31 bits per heavy atom. The fraction of sp³-hybridized carbons (Fsp3) is 0.514. The molecule has 262 valence electrons. The molecule has 2 N–H and O–H groups in total. The van der Waals surface area contributed by atoms with Crippen LogP contribution in [0.2, 0.25) is 0 Å². The number of nitrogens with zero attached hydrogens (tertiary/aromatic N) is 2. The molecule has 0 unspecified atom stereocenters. The van der Waals surface area contributed by atoms with Gasteiger partial charge in [0, 0.05) is 19.6 Å². The van der Waals surface area contributed by atoms with E-state index in [-0.39, 0.29) is 25.7 Å². The van der Waals surface area contributed by atoms with Gasteiger partial charge in [-0.3, -0.25) is 15.0 Å². The highest BCUT2D eigenvalue weighted by molar-refractivity contribution is 5.90. The number of ether oxygens (including phenoxy) is 4. The summed E-state index contributed by atoms with van der Waals surface area (Å²) in [5.41, 5.74) is 2.43. The third kappa shape index (κ3) is 13.9. The van der Waals surface area contributed by atoms with Crippen LogP contribution in [0.15, 0.2) is 60.7 Å². The lowest BCUT2D eigenvalue weighted by molar-refractivity contribution is -0.147. The van der Waals surface area contributed by atoms with Gasteiger partial charge < -0.3 is 29.2 Å². The fourth-order valence-electron chi connectivity index (χ4n) is 4.68. The van der Waals surface area contributed by atoms with Gasteiger partial charge in [0.2, 0.25) is 0 Å². The smallest absolute Gasteiger partial charge is 0.429 e. The van der Waals surface area contributed by atoms with E-state index in [0.717, 1.165) is 16.1 Å². The van der Waals surface area contributed by atoms with Crippen molar-refractivity contribution in [2.45, 2.75) is 91.3 Å². The maximum absolute atomic E-state index is 13.6. The van der Waals surface area contributed by atoms with Crippen LogP contribution in [-0.4, -0.2) is 76.9 Å². The molecule has 0 saturated carbocycles. The van der Waals surface area contributed by atoms with Crippen LogP contribution in [0.1, 0.15) is 71.9 Å². The van der Waals surface area contributed by atoms with Crippen LogP contribution in [0.25, 0.3) is 0 Å². The molecule has 13 heteroatoms. The summed E-state index contributed by atoms with van der Waals surface area (Å²) in [6.07, 6.45) is -1.63. The molecular formula is C35H48N4O9. The number of likely N-dealkylation sites (tertiary alicyclic amines) is 1. The summed E-state index contributed by atoms with van der Waals surface area (Å²) in [7, 11) is 0. The summed E-state index contributed by atoms with van der Waals surface area (Å²) in [6.45, 7) is 11.1. The Bertz CT molecular complexity index is 1370. The maximum atomic E-state index is 13.6. The molecule has 0 bridgehead atoms. The second-order valence-electron chi connectivity index (χ2n) is 13.6. The number of rotatable bonds is 10. The van der Waals surface area contributed by atoms with Crippen molar-refractivity contribution in [2.24, 2.45) is 5.92 Å². The van der Waals surface area contributed by atoms with Crippen LogP contribution >= 0.6 is 0 Å².